The van der Waals surface area contributed by atoms with E-state index in [1.807, 2.05) is 0 Å². The Kier molecular flexibility index (Phi) is 5.42. The van der Waals surface area contributed by atoms with Crippen molar-refractivity contribution in [2.75, 3.05) is 19.8 Å². The molecular weight excluding hydrogens is 220 g/mol. The van der Waals surface area contributed by atoms with Crippen LogP contribution in [0.1, 0.15) is 24.2 Å². The number of carbonyl (C=O) groups is 1. The maximum Gasteiger partial charge on any atom is 0.251 e. The minimum absolute atomic E-state index is 0.260. The highest BCUT2D eigenvalue weighted by Crippen LogP contribution is 1.93. The minimum atomic E-state index is -0.284. The zero-order valence-electron chi connectivity index (χ0n) is 10.2. The molecule has 1 aromatic heterocycles. The van der Waals surface area contributed by atoms with Crippen LogP contribution in [0.3, 0.4) is 0 Å². The summed E-state index contributed by atoms with van der Waals surface area (Å²) in [5.41, 5.74) is 0.0753. The highest BCUT2D eigenvalue weighted by atomic mass is 16.5. The number of H-pyrrole nitrogens is 1. The van der Waals surface area contributed by atoms with E-state index < -0.39 is 0 Å². The van der Waals surface area contributed by atoms with Crippen molar-refractivity contribution in [1.82, 2.24) is 10.3 Å². The summed E-state index contributed by atoms with van der Waals surface area (Å²) in [6.07, 6.45) is 1.45. The normalized spacial score (nSPS) is 10.5. The first-order chi connectivity index (χ1) is 8.09. The Morgan fingerprint density at radius 3 is 2.94 bits per heavy atom. The fourth-order valence-electron chi connectivity index (χ4n) is 1.24. The van der Waals surface area contributed by atoms with Crippen molar-refractivity contribution >= 4 is 5.91 Å². The molecule has 0 aliphatic carbocycles. The lowest BCUT2D eigenvalue weighted by molar-refractivity contribution is 0.0886. The summed E-state index contributed by atoms with van der Waals surface area (Å²) in [7, 11) is 0. The maximum atomic E-state index is 11.6. The molecule has 17 heavy (non-hydrogen) atoms. The number of rotatable bonds is 6. The molecule has 0 fully saturated rings. The monoisotopic (exact) mass is 238 g/mol. The molecule has 0 aromatic carbocycles. The van der Waals surface area contributed by atoms with Crippen LogP contribution in [0.25, 0.3) is 0 Å². The van der Waals surface area contributed by atoms with E-state index >= 15 is 0 Å². The van der Waals surface area contributed by atoms with Gasteiger partial charge in [-0.1, -0.05) is 13.8 Å². The van der Waals surface area contributed by atoms with Gasteiger partial charge in [0.2, 0.25) is 5.56 Å². The van der Waals surface area contributed by atoms with Gasteiger partial charge in [0, 0.05) is 31.0 Å². The Hall–Kier alpha value is -1.62. The second-order valence-electron chi connectivity index (χ2n) is 4.17. The van der Waals surface area contributed by atoms with Gasteiger partial charge in [-0.3, -0.25) is 9.59 Å². The maximum absolute atomic E-state index is 11.6. The number of amides is 1. The molecule has 94 valence electrons. The summed E-state index contributed by atoms with van der Waals surface area (Å²) in [4.78, 5) is 25.0. The number of pyridine rings is 1. The summed E-state index contributed by atoms with van der Waals surface area (Å²) in [5, 5.41) is 2.68. The molecule has 1 rings (SSSR count). The van der Waals surface area contributed by atoms with Crippen LogP contribution in [-0.2, 0) is 4.74 Å². The zero-order valence-corrected chi connectivity index (χ0v) is 10.2. The predicted molar refractivity (Wildman–Crippen MR) is 65.1 cm³/mol. The Bertz CT molecular complexity index is 412. The van der Waals surface area contributed by atoms with E-state index in [0.29, 0.717) is 31.2 Å². The van der Waals surface area contributed by atoms with Crippen molar-refractivity contribution < 1.29 is 9.53 Å². The highest BCUT2D eigenvalue weighted by Gasteiger charge is 2.04. The Morgan fingerprint density at radius 2 is 2.29 bits per heavy atom. The van der Waals surface area contributed by atoms with E-state index in [-0.39, 0.29) is 11.5 Å². The van der Waals surface area contributed by atoms with Gasteiger partial charge in [-0.15, -0.1) is 0 Å². The third kappa shape index (κ3) is 5.31. The van der Waals surface area contributed by atoms with Gasteiger partial charge in [0.05, 0.1) is 6.61 Å². The second-order valence-corrected chi connectivity index (χ2v) is 4.17. The van der Waals surface area contributed by atoms with Crippen molar-refractivity contribution in [2.24, 2.45) is 5.92 Å². The largest absolute Gasteiger partial charge is 0.379 e. The second kappa shape index (κ2) is 6.85. The molecule has 0 aliphatic rings. The fourth-order valence-corrected chi connectivity index (χ4v) is 1.24. The first kappa shape index (κ1) is 13.4. The van der Waals surface area contributed by atoms with Gasteiger partial charge in [0.1, 0.15) is 0 Å². The molecule has 5 nitrogen and oxygen atoms in total. The molecule has 0 unspecified atom stereocenters. The van der Waals surface area contributed by atoms with Crippen LogP contribution in [0.2, 0.25) is 0 Å². The molecule has 2 N–H and O–H groups in total. The predicted octanol–water partition coefficient (Wildman–Crippen LogP) is 0.777. The summed E-state index contributed by atoms with van der Waals surface area (Å²) >= 11 is 0. The van der Waals surface area contributed by atoms with Crippen molar-refractivity contribution in [3.63, 3.8) is 0 Å². The number of hydrogen-bond acceptors (Lipinski definition) is 3. The summed E-state index contributed by atoms with van der Waals surface area (Å²) in [6, 6.07) is 2.83. The average Bonchev–Trinajstić information content (AvgIpc) is 2.28. The van der Waals surface area contributed by atoms with Crippen LogP contribution in [-0.4, -0.2) is 30.6 Å². The van der Waals surface area contributed by atoms with Gasteiger partial charge in [-0.05, 0) is 12.0 Å². The first-order valence-electron chi connectivity index (χ1n) is 5.64. The molecule has 0 aliphatic heterocycles. The zero-order chi connectivity index (χ0) is 12.7. The van der Waals surface area contributed by atoms with E-state index in [1.165, 1.54) is 12.3 Å². The lowest BCUT2D eigenvalue weighted by Crippen LogP contribution is -2.28. The fraction of sp³-hybridized carbons (Fsp3) is 0.500. The van der Waals surface area contributed by atoms with Gasteiger partial charge >= 0.3 is 0 Å². The molecule has 1 aromatic rings. The molecule has 0 saturated heterocycles. The number of aromatic amines is 1. The molecule has 0 radical (unpaired) electrons. The summed E-state index contributed by atoms with van der Waals surface area (Å²) in [6.45, 7) is 5.73. The molecular formula is C12H18N2O3. The first-order valence-corrected chi connectivity index (χ1v) is 5.64. The standard InChI is InChI=1S/C12H18N2O3/c1-9(2)8-17-6-5-14-12(16)10-3-4-13-11(15)7-10/h3-4,7,9H,5-6,8H2,1-2H3,(H,13,15)(H,14,16). The number of nitrogens with one attached hydrogen (secondary N) is 2. The van der Waals surface area contributed by atoms with Gasteiger partial charge in [0.15, 0.2) is 0 Å². The average molecular weight is 238 g/mol. The highest BCUT2D eigenvalue weighted by molar-refractivity contribution is 5.93. The molecule has 1 heterocycles. The van der Waals surface area contributed by atoms with Gasteiger partial charge in [-0.2, -0.15) is 0 Å². The Labute approximate surface area is 100 Å². The molecule has 5 heteroatoms. The minimum Gasteiger partial charge on any atom is -0.379 e. The van der Waals surface area contributed by atoms with Crippen molar-refractivity contribution in [1.29, 1.82) is 0 Å². The number of hydrogen-bond donors (Lipinski definition) is 2. The molecule has 1 amide bonds. The number of ether oxygens (including phenoxy) is 1. The van der Waals surface area contributed by atoms with E-state index in [0.717, 1.165) is 0 Å². The van der Waals surface area contributed by atoms with Crippen LogP contribution >= 0.6 is 0 Å². The molecule has 0 saturated carbocycles. The lowest BCUT2D eigenvalue weighted by Gasteiger charge is -2.07. The van der Waals surface area contributed by atoms with E-state index in [1.54, 1.807) is 6.07 Å². The molecule has 0 bridgehead atoms. The number of aromatic nitrogens is 1. The Morgan fingerprint density at radius 1 is 1.53 bits per heavy atom. The van der Waals surface area contributed by atoms with Crippen molar-refractivity contribution in [3.05, 3.63) is 34.2 Å². The SMILES string of the molecule is CC(C)COCCNC(=O)c1cc[nH]c(=O)c1. The van der Waals surface area contributed by atoms with Crippen molar-refractivity contribution in [2.45, 2.75) is 13.8 Å². The third-order valence-corrected chi connectivity index (χ3v) is 2.02. The Balaban J connectivity index is 2.28. The quantitative estimate of drug-likeness (QED) is 0.719. The van der Waals surface area contributed by atoms with E-state index in [9.17, 15) is 9.59 Å². The van der Waals surface area contributed by atoms with Crippen LogP contribution < -0.4 is 10.9 Å². The lowest BCUT2D eigenvalue weighted by atomic mass is 10.2. The van der Waals surface area contributed by atoms with Crippen LogP contribution in [0, 0.1) is 5.92 Å². The van der Waals surface area contributed by atoms with E-state index in [4.69, 9.17) is 4.74 Å². The summed E-state index contributed by atoms with van der Waals surface area (Å²) < 4.78 is 5.32. The molecule has 0 spiro atoms. The number of carbonyl (C=O) groups excluding carboxylic acids is 1. The molecule has 0 atom stereocenters. The van der Waals surface area contributed by atoms with Gasteiger partial charge in [0.25, 0.3) is 5.91 Å². The van der Waals surface area contributed by atoms with E-state index in [2.05, 4.69) is 24.1 Å². The smallest absolute Gasteiger partial charge is 0.251 e. The van der Waals surface area contributed by atoms with Gasteiger partial charge < -0.3 is 15.0 Å². The topological polar surface area (TPSA) is 71.2 Å². The summed E-state index contributed by atoms with van der Waals surface area (Å²) in [5.74, 6) is 0.225. The van der Waals surface area contributed by atoms with Gasteiger partial charge in [-0.25, -0.2) is 0 Å². The van der Waals surface area contributed by atoms with Crippen molar-refractivity contribution in [3.8, 4) is 0 Å². The third-order valence-electron chi connectivity index (χ3n) is 2.02. The van der Waals surface area contributed by atoms with Crippen LogP contribution in [0.4, 0.5) is 0 Å². The van der Waals surface area contributed by atoms with Crippen LogP contribution in [0.15, 0.2) is 23.1 Å². The van der Waals surface area contributed by atoms with Crippen LogP contribution in [0.5, 0.6) is 0 Å².